The Bertz CT molecular complexity index is 208. The molecule has 1 aliphatic heterocycles. The number of hydrogen-bond acceptors (Lipinski definition) is 3. The van der Waals surface area contributed by atoms with Gasteiger partial charge in [-0.3, -0.25) is 4.79 Å². The first-order valence-corrected chi connectivity index (χ1v) is 5.68. The van der Waals surface area contributed by atoms with Gasteiger partial charge in [0.1, 0.15) is 0 Å². The molecule has 1 atom stereocenters. The third-order valence-corrected chi connectivity index (χ3v) is 3.09. The molecule has 0 spiro atoms. The Kier molecular flexibility index (Phi) is 4.54. The minimum absolute atomic E-state index is 0.239. The zero-order valence-corrected chi connectivity index (χ0v) is 10.1. The standard InChI is InChI=1S/C11H23N3O/c1-9(12)10-4-6-14(7-5-10)11(15)8-13(2)3/h9-10H,4-8,12H2,1-3H3. The van der Waals surface area contributed by atoms with Gasteiger partial charge < -0.3 is 15.5 Å². The molecular weight excluding hydrogens is 190 g/mol. The highest BCUT2D eigenvalue weighted by Gasteiger charge is 2.24. The molecule has 0 aromatic rings. The molecule has 1 fully saturated rings. The van der Waals surface area contributed by atoms with Crippen LogP contribution in [0.3, 0.4) is 0 Å². The van der Waals surface area contributed by atoms with Gasteiger partial charge in [0.2, 0.25) is 5.91 Å². The summed E-state index contributed by atoms with van der Waals surface area (Å²) in [6.07, 6.45) is 2.10. The molecule has 1 heterocycles. The number of carbonyl (C=O) groups is 1. The van der Waals surface area contributed by atoms with Gasteiger partial charge in [0.05, 0.1) is 6.54 Å². The molecule has 4 nitrogen and oxygen atoms in total. The lowest BCUT2D eigenvalue weighted by Gasteiger charge is -2.34. The molecule has 1 unspecified atom stereocenters. The van der Waals surface area contributed by atoms with Crippen LogP contribution in [0.2, 0.25) is 0 Å². The van der Waals surface area contributed by atoms with Crippen LogP contribution in [-0.2, 0) is 4.79 Å². The fourth-order valence-corrected chi connectivity index (χ4v) is 2.05. The molecule has 4 heteroatoms. The van der Waals surface area contributed by atoms with E-state index in [2.05, 4.69) is 6.92 Å². The zero-order valence-electron chi connectivity index (χ0n) is 10.1. The molecule has 2 N–H and O–H groups in total. The van der Waals surface area contributed by atoms with E-state index < -0.39 is 0 Å². The number of likely N-dealkylation sites (N-methyl/N-ethyl adjacent to an activating group) is 1. The lowest BCUT2D eigenvalue weighted by molar-refractivity contribution is -0.133. The average molecular weight is 213 g/mol. The first-order valence-electron chi connectivity index (χ1n) is 5.68. The number of piperidine rings is 1. The summed E-state index contributed by atoms with van der Waals surface area (Å²) in [7, 11) is 3.85. The van der Waals surface area contributed by atoms with Crippen LogP contribution in [0.5, 0.6) is 0 Å². The van der Waals surface area contributed by atoms with E-state index in [4.69, 9.17) is 5.73 Å². The van der Waals surface area contributed by atoms with E-state index in [-0.39, 0.29) is 11.9 Å². The van der Waals surface area contributed by atoms with Gasteiger partial charge in [0.15, 0.2) is 0 Å². The van der Waals surface area contributed by atoms with Crippen LogP contribution >= 0.6 is 0 Å². The predicted molar refractivity (Wildman–Crippen MR) is 61.5 cm³/mol. The second-order valence-electron chi connectivity index (χ2n) is 4.82. The molecule has 0 aliphatic carbocycles. The highest BCUT2D eigenvalue weighted by atomic mass is 16.2. The first kappa shape index (κ1) is 12.5. The summed E-state index contributed by atoms with van der Waals surface area (Å²) in [6.45, 7) is 4.32. The molecule has 0 saturated carbocycles. The minimum atomic E-state index is 0.239. The van der Waals surface area contributed by atoms with E-state index in [1.807, 2.05) is 23.9 Å². The van der Waals surface area contributed by atoms with Gasteiger partial charge in [-0.1, -0.05) is 0 Å². The number of carbonyl (C=O) groups excluding carboxylic acids is 1. The van der Waals surface area contributed by atoms with Crippen LogP contribution in [0.15, 0.2) is 0 Å². The van der Waals surface area contributed by atoms with Crippen molar-refractivity contribution in [2.45, 2.75) is 25.8 Å². The molecule has 15 heavy (non-hydrogen) atoms. The van der Waals surface area contributed by atoms with Crippen molar-refractivity contribution in [1.82, 2.24) is 9.80 Å². The predicted octanol–water partition coefficient (Wildman–Crippen LogP) is 0.134. The van der Waals surface area contributed by atoms with E-state index in [1.165, 1.54) is 0 Å². The molecule has 0 aromatic carbocycles. The number of amides is 1. The van der Waals surface area contributed by atoms with Crippen LogP contribution in [0.25, 0.3) is 0 Å². The molecule has 1 saturated heterocycles. The van der Waals surface area contributed by atoms with Crippen LogP contribution in [0.1, 0.15) is 19.8 Å². The van der Waals surface area contributed by atoms with Crippen molar-refractivity contribution in [3.05, 3.63) is 0 Å². The summed E-state index contributed by atoms with van der Waals surface area (Å²) in [6, 6.07) is 0.260. The van der Waals surface area contributed by atoms with Crippen molar-refractivity contribution in [3.63, 3.8) is 0 Å². The number of nitrogens with zero attached hydrogens (tertiary/aromatic N) is 2. The summed E-state index contributed by atoms with van der Waals surface area (Å²) in [4.78, 5) is 15.6. The maximum Gasteiger partial charge on any atom is 0.236 e. The van der Waals surface area contributed by atoms with E-state index in [0.29, 0.717) is 12.5 Å². The summed E-state index contributed by atoms with van der Waals surface area (Å²) in [5, 5.41) is 0. The largest absolute Gasteiger partial charge is 0.342 e. The van der Waals surface area contributed by atoms with Gasteiger partial charge in [-0.15, -0.1) is 0 Å². The highest BCUT2D eigenvalue weighted by Crippen LogP contribution is 2.19. The van der Waals surface area contributed by atoms with Gasteiger partial charge in [0, 0.05) is 19.1 Å². The smallest absolute Gasteiger partial charge is 0.236 e. The summed E-state index contributed by atoms with van der Waals surface area (Å²) in [5.74, 6) is 0.830. The monoisotopic (exact) mass is 213 g/mol. The molecule has 0 bridgehead atoms. The summed E-state index contributed by atoms with van der Waals surface area (Å²) < 4.78 is 0. The molecule has 1 amide bonds. The third kappa shape index (κ3) is 3.80. The van der Waals surface area contributed by atoms with Gasteiger partial charge in [-0.25, -0.2) is 0 Å². The Balaban J connectivity index is 2.34. The van der Waals surface area contributed by atoms with Crippen molar-refractivity contribution in [3.8, 4) is 0 Å². The molecule has 0 aromatic heterocycles. The van der Waals surface area contributed by atoms with Crippen LogP contribution in [0.4, 0.5) is 0 Å². The molecule has 88 valence electrons. The third-order valence-electron chi connectivity index (χ3n) is 3.09. The van der Waals surface area contributed by atoms with Gasteiger partial charge >= 0.3 is 0 Å². The van der Waals surface area contributed by atoms with Crippen molar-refractivity contribution >= 4 is 5.91 Å². The lowest BCUT2D eigenvalue weighted by Crippen LogP contribution is -2.45. The molecule has 1 rings (SSSR count). The summed E-state index contributed by atoms with van der Waals surface area (Å²) in [5.41, 5.74) is 5.86. The van der Waals surface area contributed by atoms with Gasteiger partial charge in [-0.2, -0.15) is 0 Å². The van der Waals surface area contributed by atoms with Crippen LogP contribution in [0, 0.1) is 5.92 Å². The van der Waals surface area contributed by atoms with Crippen molar-refractivity contribution in [1.29, 1.82) is 0 Å². The summed E-state index contributed by atoms with van der Waals surface area (Å²) >= 11 is 0. The zero-order chi connectivity index (χ0) is 11.4. The van der Waals surface area contributed by atoms with Crippen molar-refractivity contribution in [2.75, 3.05) is 33.7 Å². The van der Waals surface area contributed by atoms with Crippen LogP contribution in [-0.4, -0.2) is 55.5 Å². The Labute approximate surface area is 92.4 Å². The minimum Gasteiger partial charge on any atom is -0.342 e. The number of hydrogen-bond donors (Lipinski definition) is 1. The first-order chi connectivity index (χ1) is 7.00. The average Bonchev–Trinajstić information content (AvgIpc) is 2.17. The van der Waals surface area contributed by atoms with Crippen molar-refractivity contribution < 1.29 is 4.79 Å². The van der Waals surface area contributed by atoms with E-state index >= 15 is 0 Å². The highest BCUT2D eigenvalue weighted by molar-refractivity contribution is 5.78. The van der Waals surface area contributed by atoms with Gasteiger partial charge in [0.25, 0.3) is 0 Å². The second-order valence-corrected chi connectivity index (χ2v) is 4.82. The molecular formula is C11H23N3O. The van der Waals surface area contributed by atoms with E-state index in [1.54, 1.807) is 0 Å². The van der Waals surface area contributed by atoms with E-state index in [9.17, 15) is 4.79 Å². The van der Waals surface area contributed by atoms with Gasteiger partial charge in [-0.05, 0) is 39.8 Å². The molecule has 0 radical (unpaired) electrons. The topological polar surface area (TPSA) is 49.6 Å². The number of nitrogens with two attached hydrogens (primary N) is 1. The fourth-order valence-electron chi connectivity index (χ4n) is 2.05. The second kappa shape index (κ2) is 5.47. The SMILES string of the molecule is CC(N)C1CCN(C(=O)CN(C)C)CC1. The Morgan fingerprint density at radius 2 is 2.00 bits per heavy atom. The quantitative estimate of drug-likeness (QED) is 0.725. The normalized spacial score (nSPS) is 20.7. The number of rotatable bonds is 3. The Hall–Kier alpha value is -0.610. The Morgan fingerprint density at radius 3 is 2.40 bits per heavy atom. The Morgan fingerprint density at radius 1 is 1.47 bits per heavy atom. The fraction of sp³-hybridized carbons (Fsp3) is 0.909. The number of likely N-dealkylation sites (tertiary alicyclic amines) is 1. The van der Waals surface area contributed by atoms with E-state index in [0.717, 1.165) is 25.9 Å². The maximum atomic E-state index is 11.7. The lowest BCUT2D eigenvalue weighted by atomic mass is 9.91. The van der Waals surface area contributed by atoms with Crippen LogP contribution < -0.4 is 5.73 Å². The maximum absolute atomic E-state index is 11.7. The molecule has 1 aliphatic rings. The van der Waals surface area contributed by atoms with Crippen molar-refractivity contribution in [2.24, 2.45) is 11.7 Å².